The van der Waals surface area contributed by atoms with E-state index in [1.165, 1.54) is 12.0 Å². The Hall–Kier alpha value is -1.36. The predicted octanol–water partition coefficient (Wildman–Crippen LogP) is 2.14. The van der Waals surface area contributed by atoms with E-state index in [4.69, 9.17) is 0 Å². The van der Waals surface area contributed by atoms with Crippen LogP contribution in [0.5, 0.6) is 0 Å². The Morgan fingerprint density at radius 3 is 2.79 bits per heavy atom. The fourth-order valence-corrected chi connectivity index (χ4v) is 1.67. The second-order valence-corrected chi connectivity index (χ2v) is 4.00. The van der Waals surface area contributed by atoms with Crippen LogP contribution in [0.4, 0.5) is 4.79 Å². The summed E-state index contributed by atoms with van der Waals surface area (Å²) >= 11 is 1.63. The summed E-state index contributed by atoms with van der Waals surface area (Å²) in [5, 5.41) is 3.88. The molecule has 4 nitrogen and oxygen atoms in total. The number of hydrogen-bond donors (Lipinski definition) is 1. The number of hydrazone groups is 1. The van der Waals surface area contributed by atoms with Crippen molar-refractivity contribution in [2.75, 3.05) is 7.11 Å². The van der Waals surface area contributed by atoms with Gasteiger partial charge in [-0.3, -0.25) is 0 Å². The first-order valence-electron chi connectivity index (χ1n) is 4.08. The van der Waals surface area contributed by atoms with E-state index in [0.29, 0.717) is 0 Å². The lowest BCUT2D eigenvalue weighted by molar-refractivity contribution is 0.171. The van der Waals surface area contributed by atoms with E-state index in [1.54, 1.807) is 11.3 Å². The van der Waals surface area contributed by atoms with Gasteiger partial charge in [0.2, 0.25) is 0 Å². The maximum absolute atomic E-state index is 10.7. The third kappa shape index (κ3) is 2.85. The second kappa shape index (κ2) is 4.76. The molecule has 14 heavy (non-hydrogen) atoms. The number of rotatable bonds is 2. The molecule has 76 valence electrons. The first kappa shape index (κ1) is 10.7. The lowest BCUT2D eigenvalue weighted by Crippen LogP contribution is -2.18. The summed E-state index contributed by atoms with van der Waals surface area (Å²) in [6, 6.07) is 3.98. The van der Waals surface area contributed by atoms with Crippen LogP contribution in [0.3, 0.4) is 0 Å². The molecule has 0 atom stereocenters. The van der Waals surface area contributed by atoms with E-state index in [1.807, 2.05) is 26.0 Å². The summed E-state index contributed by atoms with van der Waals surface area (Å²) in [4.78, 5) is 13.0. The van der Waals surface area contributed by atoms with Crippen molar-refractivity contribution in [2.45, 2.75) is 13.8 Å². The van der Waals surface area contributed by atoms with E-state index in [0.717, 1.165) is 10.6 Å². The van der Waals surface area contributed by atoms with Crippen LogP contribution in [-0.4, -0.2) is 18.9 Å². The van der Waals surface area contributed by atoms with E-state index < -0.39 is 6.09 Å². The summed E-state index contributed by atoms with van der Waals surface area (Å²) < 4.78 is 4.39. The van der Waals surface area contributed by atoms with Crippen LogP contribution in [0, 0.1) is 6.92 Å². The van der Waals surface area contributed by atoms with Gasteiger partial charge in [-0.25, -0.2) is 10.2 Å². The van der Waals surface area contributed by atoms with Crippen LogP contribution >= 0.6 is 11.3 Å². The monoisotopic (exact) mass is 212 g/mol. The zero-order valence-electron chi connectivity index (χ0n) is 8.33. The number of ether oxygens (including phenoxy) is 1. The number of nitrogens with zero attached hydrogens (tertiary/aromatic N) is 1. The minimum absolute atomic E-state index is 0.558. The predicted molar refractivity (Wildman–Crippen MR) is 56.8 cm³/mol. The van der Waals surface area contributed by atoms with Gasteiger partial charge in [0.05, 0.1) is 17.7 Å². The van der Waals surface area contributed by atoms with Crippen LogP contribution in [0.2, 0.25) is 0 Å². The van der Waals surface area contributed by atoms with Gasteiger partial charge in [0, 0.05) is 4.88 Å². The number of aryl methyl sites for hydroxylation is 1. The molecule has 5 heteroatoms. The summed E-state index contributed by atoms with van der Waals surface area (Å²) in [6.07, 6.45) is -0.558. The molecule has 0 unspecified atom stereocenters. The molecule has 0 aromatic carbocycles. The number of thiophene rings is 1. The van der Waals surface area contributed by atoms with Crippen molar-refractivity contribution in [3.05, 3.63) is 21.9 Å². The topological polar surface area (TPSA) is 50.7 Å². The lowest BCUT2D eigenvalue weighted by Gasteiger charge is -1.98. The summed E-state index contributed by atoms with van der Waals surface area (Å²) in [5.41, 5.74) is 3.05. The van der Waals surface area contributed by atoms with Crippen LogP contribution in [0.15, 0.2) is 17.2 Å². The van der Waals surface area contributed by atoms with Gasteiger partial charge in [-0.1, -0.05) is 0 Å². The minimum atomic E-state index is -0.558. The van der Waals surface area contributed by atoms with Crippen molar-refractivity contribution in [1.82, 2.24) is 5.43 Å². The fourth-order valence-electron chi connectivity index (χ4n) is 0.859. The average molecular weight is 212 g/mol. The molecule has 0 saturated heterocycles. The average Bonchev–Trinajstić information content (AvgIpc) is 2.60. The number of carbonyl (C=O) groups excluding carboxylic acids is 1. The Morgan fingerprint density at radius 2 is 2.29 bits per heavy atom. The van der Waals surface area contributed by atoms with Gasteiger partial charge in [0.25, 0.3) is 0 Å². The molecule has 1 rings (SSSR count). The fraction of sp³-hybridized carbons (Fsp3) is 0.333. The molecule has 0 spiro atoms. The molecule has 0 fully saturated rings. The summed E-state index contributed by atoms with van der Waals surface area (Å²) in [5.74, 6) is 0. The van der Waals surface area contributed by atoms with Crippen LogP contribution in [0.1, 0.15) is 16.7 Å². The normalized spacial score (nSPS) is 11.2. The zero-order valence-corrected chi connectivity index (χ0v) is 9.14. The standard InChI is InChI=1S/C9H12N2O2S/c1-6-4-5-8(14-6)7(2)10-11-9(12)13-3/h4-5H,1-3H3,(H,11,12)/b10-7-. The van der Waals surface area contributed by atoms with E-state index >= 15 is 0 Å². The van der Waals surface area contributed by atoms with Crippen LogP contribution in [-0.2, 0) is 4.74 Å². The summed E-state index contributed by atoms with van der Waals surface area (Å²) in [7, 11) is 1.30. The smallest absolute Gasteiger partial charge is 0.427 e. The van der Waals surface area contributed by atoms with Gasteiger partial charge in [0.15, 0.2) is 0 Å². The number of nitrogens with one attached hydrogen (secondary N) is 1. The molecule has 0 aliphatic rings. The molecule has 1 aromatic rings. The Morgan fingerprint density at radius 1 is 1.57 bits per heavy atom. The van der Waals surface area contributed by atoms with Gasteiger partial charge in [-0.2, -0.15) is 5.10 Å². The molecule has 0 radical (unpaired) electrons. The first-order chi connectivity index (χ1) is 6.63. The number of methoxy groups -OCH3 is 1. The Bertz CT molecular complexity index is 357. The van der Waals surface area contributed by atoms with Crippen LogP contribution < -0.4 is 5.43 Å². The van der Waals surface area contributed by atoms with Gasteiger partial charge in [-0.15, -0.1) is 11.3 Å². The van der Waals surface area contributed by atoms with Crippen molar-refractivity contribution in [1.29, 1.82) is 0 Å². The molecular weight excluding hydrogens is 200 g/mol. The quantitative estimate of drug-likeness (QED) is 0.603. The Labute approximate surface area is 86.6 Å². The lowest BCUT2D eigenvalue weighted by atomic mass is 10.3. The van der Waals surface area contributed by atoms with Crippen molar-refractivity contribution >= 4 is 23.1 Å². The highest BCUT2D eigenvalue weighted by Gasteiger charge is 2.01. The Balaban J connectivity index is 2.65. The molecular formula is C9H12N2O2S. The maximum atomic E-state index is 10.7. The number of carbonyl (C=O) groups is 1. The Kier molecular flexibility index (Phi) is 3.64. The van der Waals surface area contributed by atoms with Crippen molar-refractivity contribution in [3.63, 3.8) is 0 Å². The van der Waals surface area contributed by atoms with E-state index in [9.17, 15) is 4.79 Å². The van der Waals surface area contributed by atoms with Gasteiger partial charge in [-0.05, 0) is 26.0 Å². The third-order valence-electron chi connectivity index (χ3n) is 1.60. The first-order valence-corrected chi connectivity index (χ1v) is 4.90. The van der Waals surface area contributed by atoms with Gasteiger partial charge >= 0.3 is 6.09 Å². The second-order valence-electron chi connectivity index (χ2n) is 2.71. The third-order valence-corrected chi connectivity index (χ3v) is 2.71. The summed E-state index contributed by atoms with van der Waals surface area (Å²) in [6.45, 7) is 3.86. The highest BCUT2D eigenvalue weighted by atomic mass is 32.1. The highest BCUT2D eigenvalue weighted by molar-refractivity contribution is 7.14. The van der Waals surface area contributed by atoms with Gasteiger partial charge < -0.3 is 4.74 Å². The van der Waals surface area contributed by atoms with E-state index in [-0.39, 0.29) is 0 Å². The van der Waals surface area contributed by atoms with Crippen molar-refractivity contribution in [2.24, 2.45) is 5.10 Å². The minimum Gasteiger partial charge on any atom is -0.452 e. The molecule has 1 heterocycles. The van der Waals surface area contributed by atoms with E-state index in [2.05, 4.69) is 15.3 Å². The number of amides is 1. The highest BCUT2D eigenvalue weighted by Crippen LogP contribution is 2.15. The maximum Gasteiger partial charge on any atom is 0.427 e. The molecule has 0 aliphatic carbocycles. The van der Waals surface area contributed by atoms with Crippen LogP contribution in [0.25, 0.3) is 0 Å². The molecule has 1 N–H and O–H groups in total. The molecule has 0 aliphatic heterocycles. The molecule has 0 bridgehead atoms. The zero-order chi connectivity index (χ0) is 10.6. The molecule has 1 aromatic heterocycles. The molecule has 0 saturated carbocycles. The molecule has 1 amide bonds. The SMILES string of the molecule is COC(=O)N/N=C(/C)c1ccc(C)s1. The van der Waals surface area contributed by atoms with Gasteiger partial charge in [0.1, 0.15) is 0 Å². The van der Waals surface area contributed by atoms with Crippen molar-refractivity contribution < 1.29 is 9.53 Å². The number of hydrogen-bond acceptors (Lipinski definition) is 4. The van der Waals surface area contributed by atoms with Crippen molar-refractivity contribution in [3.8, 4) is 0 Å². The largest absolute Gasteiger partial charge is 0.452 e.